The molecular weight excluding hydrogens is 264 g/mol. The first kappa shape index (κ1) is 14.2. The number of aromatic hydroxyl groups is 1. The second kappa shape index (κ2) is 5.81. The summed E-state index contributed by atoms with van der Waals surface area (Å²) in [6, 6.07) is 3.51. The zero-order valence-corrected chi connectivity index (χ0v) is 11.2. The molecule has 4 nitrogen and oxygen atoms in total. The van der Waals surface area contributed by atoms with Gasteiger partial charge in [-0.1, -0.05) is 6.92 Å². The molecule has 6 heteroatoms. The maximum atomic E-state index is 13.9. The second-order valence-corrected chi connectivity index (χ2v) is 4.42. The van der Waals surface area contributed by atoms with E-state index in [1.54, 1.807) is 0 Å². The summed E-state index contributed by atoms with van der Waals surface area (Å²) in [6.45, 7) is 4.03. The van der Waals surface area contributed by atoms with E-state index in [9.17, 15) is 13.9 Å². The van der Waals surface area contributed by atoms with Crippen LogP contribution in [0.3, 0.4) is 0 Å². The van der Waals surface area contributed by atoms with E-state index in [4.69, 9.17) is 0 Å². The van der Waals surface area contributed by atoms with Crippen molar-refractivity contribution in [2.75, 3.05) is 11.9 Å². The molecule has 1 aromatic carbocycles. The third-order valence-electron chi connectivity index (χ3n) is 2.70. The van der Waals surface area contributed by atoms with Gasteiger partial charge in [0.05, 0.1) is 5.69 Å². The van der Waals surface area contributed by atoms with Crippen molar-refractivity contribution < 1.29 is 13.9 Å². The van der Waals surface area contributed by atoms with Crippen LogP contribution < -0.4 is 5.32 Å². The molecule has 1 heterocycles. The number of rotatable bonds is 4. The Labute approximate surface area is 115 Å². The van der Waals surface area contributed by atoms with Crippen molar-refractivity contribution in [2.45, 2.75) is 20.3 Å². The van der Waals surface area contributed by atoms with Crippen molar-refractivity contribution in [1.29, 1.82) is 0 Å². The third kappa shape index (κ3) is 3.01. The molecule has 0 saturated heterocycles. The fourth-order valence-electron chi connectivity index (χ4n) is 1.75. The minimum Gasteiger partial charge on any atom is -0.508 e. The molecule has 0 bridgehead atoms. The van der Waals surface area contributed by atoms with Gasteiger partial charge in [0.25, 0.3) is 0 Å². The van der Waals surface area contributed by atoms with Crippen molar-refractivity contribution >= 4 is 5.82 Å². The molecule has 2 N–H and O–H groups in total. The van der Waals surface area contributed by atoms with Crippen LogP contribution in [0.5, 0.6) is 5.75 Å². The first-order valence-electron chi connectivity index (χ1n) is 6.29. The highest BCUT2D eigenvalue weighted by Gasteiger charge is 2.13. The van der Waals surface area contributed by atoms with E-state index in [0.29, 0.717) is 12.1 Å². The highest BCUT2D eigenvalue weighted by molar-refractivity contribution is 5.60. The Balaban J connectivity index is 2.48. The molecule has 0 saturated carbocycles. The van der Waals surface area contributed by atoms with Crippen molar-refractivity contribution in [3.05, 3.63) is 35.5 Å². The first-order chi connectivity index (χ1) is 9.51. The summed E-state index contributed by atoms with van der Waals surface area (Å²) in [5.74, 6) is -1.11. The fourth-order valence-corrected chi connectivity index (χ4v) is 1.75. The summed E-state index contributed by atoms with van der Waals surface area (Å²) in [4.78, 5) is 8.04. The molecule has 2 rings (SSSR count). The molecule has 0 amide bonds. The maximum Gasteiger partial charge on any atom is 0.186 e. The Bertz CT molecular complexity index is 612. The second-order valence-electron chi connectivity index (χ2n) is 4.42. The molecule has 1 aromatic heterocycles. The Morgan fingerprint density at radius 3 is 2.60 bits per heavy atom. The van der Waals surface area contributed by atoms with Gasteiger partial charge in [-0.2, -0.15) is 0 Å². The van der Waals surface area contributed by atoms with Gasteiger partial charge in [-0.3, -0.25) is 0 Å². The zero-order chi connectivity index (χ0) is 14.7. The molecular formula is C14H15F2N3O. The number of phenolic OH excluding ortho intramolecular Hbond substituents is 1. The molecule has 0 aliphatic rings. The summed E-state index contributed by atoms with van der Waals surface area (Å²) in [5.41, 5.74) is 0.461. The topological polar surface area (TPSA) is 58.0 Å². The van der Waals surface area contributed by atoms with Crippen LogP contribution >= 0.6 is 0 Å². The largest absolute Gasteiger partial charge is 0.508 e. The highest BCUT2D eigenvalue weighted by atomic mass is 19.1. The molecule has 0 unspecified atom stereocenters. The number of phenols is 1. The van der Waals surface area contributed by atoms with Gasteiger partial charge in [-0.15, -0.1) is 0 Å². The Morgan fingerprint density at radius 2 is 1.95 bits per heavy atom. The van der Waals surface area contributed by atoms with Crippen molar-refractivity contribution in [3.63, 3.8) is 0 Å². The lowest BCUT2D eigenvalue weighted by molar-refractivity contribution is 0.469. The smallest absolute Gasteiger partial charge is 0.186 e. The Hall–Kier alpha value is -2.24. The molecule has 0 fully saturated rings. The molecule has 106 valence electrons. The van der Waals surface area contributed by atoms with Crippen LogP contribution in [0.15, 0.2) is 18.2 Å². The van der Waals surface area contributed by atoms with Crippen LogP contribution in [0, 0.1) is 18.6 Å². The quantitative estimate of drug-likeness (QED) is 0.902. The SMILES string of the molecule is CCCNc1nc(-c2cc(O)cc(F)c2)nc(C)c1F. The van der Waals surface area contributed by atoms with Gasteiger partial charge >= 0.3 is 0 Å². The minimum absolute atomic E-state index is 0.0816. The van der Waals surface area contributed by atoms with E-state index in [1.165, 1.54) is 19.1 Å². The average Bonchev–Trinajstić information content (AvgIpc) is 2.39. The maximum absolute atomic E-state index is 13.9. The van der Waals surface area contributed by atoms with Crippen LogP contribution in [-0.2, 0) is 0 Å². The highest BCUT2D eigenvalue weighted by Crippen LogP contribution is 2.25. The van der Waals surface area contributed by atoms with Crippen LogP contribution in [0.2, 0.25) is 0 Å². The van der Waals surface area contributed by atoms with Crippen molar-refractivity contribution in [1.82, 2.24) is 9.97 Å². The van der Waals surface area contributed by atoms with E-state index >= 15 is 0 Å². The lowest BCUT2D eigenvalue weighted by Crippen LogP contribution is -2.08. The summed E-state index contributed by atoms with van der Waals surface area (Å²) < 4.78 is 27.2. The normalized spacial score (nSPS) is 10.6. The number of hydrogen-bond donors (Lipinski definition) is 2. The van der Waals surface area contributed by atoms with E-state index < -0.39 is 11.6 Å². The van der Waals surface area contributed by atoms with E-state index in [2.05, 4.69) is 15.3 Å². The Kier molecular flexibility index (Phi) is 4.12. The lowest BCUT2D eigenvalue weighted by Gasteiger charge is -2.10. The van der Waals surface area contributed by atoms with Crippen LogP contribution in [0.1, 0.15) is 19.0 Å². The van der Waals surface area contributed by atoms with Gasteiger partial charge in [0.1, 0.15) is 11.6 Å². The average molecular weight is 279 g/mol. The number of aryl methyl sites for hydroxylation is 1. The first-order valence-corrected chi connectivity index (χ1v) is 6.29. The summed E-state index contributed by atoms with van der Waals surface area (Å²) in [6.07, 6.45) is 0.818. The molecule has 0 radical (unpaired) electrons. The van der Waals surface area contributed by atoms with E-state index in [0.717, 1.165) is 12.5 Å². The molecule has 0 aliphatic heterocycles. The number of nitrogens with zero attached hydrogens (tertiary/aromatic N) is 2. The molecule has 20 heavy (non-hydrogen) atoms. The minimum atomic E-state index is -0.603. The van der Waals surface area contributed by atoms with Crippen molar-refractivity contribution in [2.24, 2.45) is 0 Å². The number of halogens is 2. The predicted molar refractivity (Wildman–Crippen MR) is 72.6 cm³/mol. The van der Waals surface area contributed by atoms with E-state index in [-0.39, 0.29) is 23.1 Å². The van der Waals surface area contributed by atoms with Crippen LogP contribution in [0.4, 0.5) is 14.6 Å². The van der Waals surface area contributed by atoms with E-state index in [1.807, 2.05) is 6.92 Å². The Morgan fingerprint density at radius 1 is 1.20 bits per heavy atom. The van der Waals surface area contributed by atoms with Crippen LogP contribution in [0.25, 0.3) is 11.4 Å². The third-order valence-corrected chi connectivity index (χ3v) is 2.70. The standard InChI is InChI=1S/C14H15F2N3O/c1-3-4-17-14-12(16)8(2)18-13(19-14)9-5-10(15)7-11(20)6-9/h5-7,20H,3-4H2,1-2H3,(H,17,18,19). The molecule has 0 spiro atoms. The fraction of sp³-hybridized carbons (Fsp3) is 0.286. The van der Waals surface area contributed by atoms with Gasteiger partial charge in [0.15, 0.2) is 17.5 Å². The summed E-state index contributed by atoms with van der Waals surface area (Å²) in [5, 5.41) is 12.3. The van der Waals surface area contributed by atoms with Crippen LogP contribution in [-0.4, -0.2) is 21.6 Å². The summed E-state index contributed by atoms with van der Waals surface area (Å²) in [7, 11) is 0. The number of aromatic nitrogens is 2. The molecule has 2 aromatic rings. The number of hydrogen-bond acceptors (Lipinski definition) is 4. The lowest BCUT2D eigenvalue weighted by atomic mass is 10.2. The van der Waals surface area contributed by atoms with Crippen molar-refractivity contribution in [3.8, 4) is 17.1 Å². The predicted octanol–water partition coefficient (Wildman–Crippen LogP) is 3.26. The monoisotopic (exact) mass is 279 g/mol. The van der Waals surface area contributed by atoms with Gasteiger partial charge in [-0.25, -0.2) is 18.7 Å². The van der Waals surface area contributed by atoms with Gasteiger partial charge in [0.2, 0.25) is 0 Å². The van der Waals surface area contributed by atoms with Gasteiger partial charge in [0, 0.05) is 18.2 Å². The number of nitrogens with one attached hydrogen (secondary N) is 1. The van der Waals surface area contributed by atoms with Gasteiger partial charge in [-0.05, 0) is 25.5 Å². The molecule has 0 atom stereocenters. The summed E-state index contributed by atoms with van der Waals surface area (Å²) >= 11 is 0. The molecule has 0 aliphatic carbocycles. The number of anilines is 1. The number of benzene rings is 1. The zero-order valence-electron chi connectivity index (χ0n) is 11.2. The van der Waals surface area contributed by atoms with Gasteiger partial charge < -0.3 is 10.4 Å².